The van der Waals surface area contributed by atoms with Gasteiger partial charge in [-0.2, -0.15) is 13.2 Å². The minimum absolute atomic E-state index is 0.00572. The van der Waals surface area contributed by atoms with E-state index in [4.69, 9.17) is 21.7 Å². The van der Waals surface area contributed by atoms with Crippen LogP contribution < -0.4 is 5.56 Å². The second kappa shape index (κ2) is 7.73. The average Bonchev–Trinajstić information content (AvgIpc) is 3.24. The summed E-state index contributed by atoms with van der Waals surface area (Å²) < 4.78 is 53.7. The Balaban J connectivity index is 1.75. The minimum atomic E-state index is -4.68. The van der Waals surface area contributed by atoms with E-state index in [2.05, 4.69) is 9.97 Å². The van der Waals surface area contributed by atoms with Crippen LogP contribution in [0, 0.1) is 4.77 Å². The van der Waals surface area contributed by atoms with Crippen LogP contribution in [0.4, 0.5) is 18.0 Å². The predicted octanol–water partition coefficient (Wildman–Crippen LogP) is 3.35. The molecular weight excluding hydrogens is 425 g/mol. The predicted molar refractivity (Wildman–Crippen MR) is 105 cm³/mol. The van der Waals surface area contributed by atoms with Gasteiger partial charge in [-0.25, -0.2) is 4.79 Å². The number of hydrogen-bond donors (Lipinski definition) is 2. The molecule has 1 saturated heterocycles. The molecule has 2 aromatic heterocycles. The van der Waals surface area contributed by atoms with Crippen molar-refractivity contribution in [1.82, 2.24) is 19.4 Å². The number of aromatic nitrogens is 3. The molecular formula is C18H23F3N4O4S. The molecule has 1 aliphatic heterocycles. The van der Waals surface area contributed by atoms with E-state index in [-0.39, 0.29) is 30.0 Å². The Morgan fingerprint density at radius 3 is 2.67 bits per heavy atom. The number of hydrogen-bond acceptors (Lipinski definition) is 5. The number of alkyl halides is 3. The minimum Gasteiger partial charge on any atom is -0.444 e. The summed E-state index contributed by atoms with van der Waals surface area (Å²) in [6.07, 6.45) is -4.35. The summed E-state index contributed by atoms with van der Waals surface area (Å²) in [5.41, 5.74) is -2.98. The maximum atomic E-state index is 13.9. The number of carbonyl (C=O) groups excluding carboxylic acids is 1. The van der Waals surface area contributed by atoms with E-state index in [0.29, 0.717) is 5.52 Å². The topological polar surface area (TPSA) is 92.3 Å². The first-order chi connectivity index (χ1) is 13.8. The van der Waals surface area contributed by atoms with E-state index in [9.17, 15) is 22.8 Å². The molecule has 0 aliphatic carbocycles. The molecule has 3 rings (SSSR count). The third-order valence-electron chi connectivity index (χ3n) is 4.80. The molecule has 0 radical (unpaired) electrons. The SMILES string of the molecule is CC(C)(C)OC(=O)N1CCC(OCCn2c(=S)[nH]c(=O)c3[nH]ccc32)(C(F)(F)F)C1. The standard InChI is InChI=1S/C18H23F3N4O4S/c1-16(2,3)29-15(27)24-7-5-17(10-24,18(19,20)21)28-9-8-25-11-4-6-22-12(11)13(26)23-14(25)30/h4,6,22H,5,7-10H2,1-3H3,(H,23,26,30). The van der Waals surface area contributed by atoms with Crippen LogP contribution in [0.15, 0.2) is 17.1 Å². The molecule has 1 amide bonds. The lowest BCUT2D eigenvalue weighted by molar-refractivity contribution is -0.272. The molecule has 166 valence electrons. The summed E-state index contributed by atoms with van der Waals surface area (Å²) >= 11 is 5.13. The van der Waals surface area contributed by atoms with Gasteiger partial charge in [0.15, 0.2) is 10.4 Å². The van der Waals surface area contributed by atoms with Crippen LogP contribution in [0.1, 0.15) is 27.2 Å². The molecule has 1 atom stereocenters. The van der Waals surface area contributed by atoms with E-state index in [0.717, 1.165) is 4.90 Å². The van der Waals surface area contributed by atoms with Gasteiger partial charge in [0.05, 0.1) is 18.7 Å². The molecule has 1 fully saturated rings. The first kappa shape index (κ1) is 22.3. The number of carbonyl (C=O) groups is 1. The summed E-state index contributed by atoms with van der Waals surface area (Å²) in [6.45, 7) is 3.82. The number of ether oxygens (including phenoxy) is 2. The van der Waals surface area contributed by atoms with Crippen LogP contribution in [0.3, 0.4) is 0 Å². The number of aromatic amines is 2. The van der Waals surface area contributed by atoms with Crippen molar-refractivity contribution >= 4 is 29.3 Å². The summed E-state index contributed by atoms with van der Waals surface area (Å²) in [4.78, 5) is 30.3. The van der Waals surface area contributed by atoms with Gasteiger partial charge in [-0.3, -0.25) is 9.78 Å². The maximum absolute atomic E-state index is 13.9. The van der Waals surface area contributed by atoms with Crippen LogP contribution in [-0.2, 0) is 16.0 Å². The summed E-state index contributed by atoms with van der Waals surface area (Å²) in [5.74, 6) is 0. The molecule has 1 aliphatic rings. The zero-order valence-corrected chi connectivity index (χ0v) is 17.6. The summed E-state index contributed by atoms with van der Waals surface area (Å²) in [5, 5.41) is 0. The Morgan fingerprint density at radius 2 is 2.03 bits per heavy atom. The molecule has 3 heterocycles. The zero-order chi connectivity index (χ0) is 22.3. The Labute approximate surface area is 175 Å². The lowest BCUT2D eigenvalue weighted by atomic mass is 10.0. The summed E-state index contributed by atoms with van der Waals surface area (Å²) in [6, 6.07) is 1.61. The highest BCUT2D eigenvalue weighted by Crippen LogP contribution is 2.41. The highest BCUT2D eigenvalue weighted by molar-refractivity contribution is 7.71. The molecule has 0 bridgehead atoms. The Morgan fingerprint density at radius 1 is 1.33 bits per heavy atom. The lowest BCUT2D eigenvalue weighted by Crippen LogP contribution is -2.51. The van der Waals surface area contributed by atoms with Crippen molar-refractivity contribution in [3.63, 3.8) is 0 Å². The fourth-order valence-electron chi connectivity index (χ4n) is 3.35. The van der Waals surface area contributed by atoms with Crippen molar-refractivity contribution < 1.29 is 27.4 Å². The van der Waals surface area contributed by atoms with E-state index in [1.165, 1.54) is 4.57 Å². The highest BCUT2D eigenvalue weighted by atomic mass is 32.1. The van der Waals surface area contributed by atoms with Crippen molar-refractivity contribution in [2.24, 2.45) is 0 Å². The van der Waals surface area contributed by atoms with Crippen molar-refractivity contribution in [2.75, 3.05) is 19.7 Å². The fourth-order valence-corrected chi connectivity index (χ4v) is 3.64. The van der Waals surface area contributed by atoms with E-state index < -0.39 is 42.0 Å². The first-order valence-corrected chi connectivity index (χ1v) is 9.73. The van der Waals surface area contributed by atoms with E-state index in [1.807, 2.05) is 0 Å². The molecule has 2 N–H and O–H groups in total. The average molecular weight is 448 g/mol. The number of fused-ring (bicyclic) bond motifs is 1. The lowest BCUT2D eigenvalue weighted by Gasteiger charge is -2.32. The zero-order valence-electron chi connectivity index (χ0n) is 16.8. The number of nitrogens with one attached hydrogen (secondary N) is 2. The molecule has 0 aromatic carbocycles. The number of amides is 1. The second-order valence-electron chi connectivity index (χ2n) is 8.14. The first-order valence-electron chi connectivity index (χ1n) is 9.32. The number of H-pyrrole nitrogens is 2. The molecule has 0 saturated carbocycles. The van der Waals surface area contributed by atoms with Crippen LogP contribution in [-0.4, -0.2) is 62.6 Å². The smallest absolute Gasteiger partial charge is 0.419 e. The van der Waals surface area contributed by atoms with Crippen LogP contribution in [0.25, 0.3) is 11.0 Å². The fraction of sp³-hybridized carbons (Fsp3) is 0.611. The monoisotopic (exact) mass is 448 g/mol. The number of rotatable bonds is 4. The van der Waals surface area contributed by atoms with Gasteiger partial charge in [-0.15, -0.1) is 0 Å². The van der Waals surface area contributed by atoms with Crippen molar-refractivity contribution in [1.29, 1.82) is 0 Å². The van der Waals surface area contributed by atoms with Gasteiger partial charge in [-0.05, 0) is 39.1 Å². The molecule has 2 aromatic rings. The molecule has 30 heavy (non-hydrogen) atoms. The largest absolute Gasteiger partial charge is 0.444 e. The van der Waals surface area contributed by atoms with Gasteiger partial charge < -0.3 is 23.9 Å². The van der Waals surface area contributed by atoms with Gasteiger partial charge in [-0.1, -0.05) is 0 Å². The number of nitrogens with zero attached hydrogens (tertiary/aromatic N) is 2. The molecule has 8 nitrogen and oxygen atoms in total. The van der Waals surface area contributed by atoms with Crippen LogP contribution >= 0.6 is 12.2 Å². The Kier molecular flexibility index (Phi) is 5.76. The third kappa shape index (κ3) is 4.38. The molecule has 0 spiro atoms. The quantitative estimate of drug-likeness (QED) is 0.700. The van der Waals surface area contributed by atoms with Gasteiger partial charge in [0, 0.05) is 25.7 Å². The van der Waals surface area contributed by atoms with Crippen molar-refractivity contribution in [3.05, 3.63) is 27.4 Å². The Hall–Kier alpha value is -2.34. The van der Waals surface area contributed by atoms with Crippen molar-refractivity contribution in [2.45, 2.75) is 51.1 Å². The van der Waals surface area contributed by atoms with Gasteiger partial charge in [0.2, 0.25) is 0 Å². The third-order valence-corrected chi connectivity index (χ3v) is 5.12. The van der Waals surface area contributed by atoms with Gasteiger partial charge >= 0.3 is 12.3 Å². The second-order valence-corrected chi connectivity index (χ2v) is 8.53. The maximum Gasteiger partial charge on any atom is 0.419 e. The summed E-state index contributed by atoms with van der Waals surface area (Å²) in [7, 11) is 0. The number of likely N-dealkylation sites (tertiary alicyclic amines) is 1. The van der Waals surface area contributed by atoms with E-state index in [1.54, 1.807) is 33.0 Å². The van der Waals surface area contributed by atoms with Crippen molar-refractivity contribution in [3.8, 4) is 0 Å². The van der Waals surface area contributed by atoms with Gasteiger partial charge in [0.1, 0.15) is 11.1 Å². The van der Waals surface area contributed by atoms with Gasteiger partial charge in [0.25, 0.3) is 5.56 Å². The molecule has 12 heteroatoms. The number of halogens is 3. The highest BCUT2D eigenvalue weighted by Gasteiger charge is 2.60. The van der Waals surface area contributed by atoms with Crippen LogP contribution in [0.2, 0.25) is 0 Å². The normalized spacial score (nSPS) is 20.1. The van der Waals surface area contributed by atoms with Crippen LogP contribution in [0.5, 0.6) is 0 Å². The van der Waals surface area contributed by atoms with E-state index >= 15 is 0 Å². The Bertz CT molecular complexity index is 1050. The molecule has 1 unspecified atom stereocenters.